The van der Waals surface area contributed by atoms with Crippen molar-refractivity contribution in [2.75, 3.05) is 13.7 Å². The fourth-order valence-electron chi connectivity index (χ4n) is 3.21. The van der Waals surface area contributed by atoms with E-state index >= 15 is 0 Å². The van der Waals surface area contributed by atoms with E-state index in [1.54, 1.807) is 0 Å². The lowest BCUT2D eigenvalue weighted by Gasteiger charge is -2.18. The van der Waals surface area contributed by atoms with E-state index < -0.39 is 29.2 Å². The Morgan fingerprint density at radius 3 is 2.24 bits per heavy atom. The van der Waals surface area contributed by atoms with Crippen LogP contribution in [0, 0.1) is 0 Å². The van der Waals surface area contributed by atoms with Crippen molar-refractivity contribution in [2.45, 2.75) is 63.4 Å². The van der Waals surface area contributed by atoms with Crippen molar-refractivity contribution in [3.05, 3.63) is 58.7 Å². The Morgan fingerprint density at radius 2 is 1.68 bits per heavy atom. The summed E-state index contributed by atoms with van der Waals surface area (Å²) in [7, 11) is 1.49. The number of halogens is 5. The number of rotatable bonds is 6. The van der Waals surface area contributed by atoms with Gasteiger partial charge in [0.15, 0.2) is 6.61 Å². The van der Waals surface area contributed by atoms with Crippen molar-refractivity contribution in [1.82, 2.24) is 4.72 Å². The highest BCUT2D eigenvalue weighted by atomic mass is 32.2. The molecule has 2 aromatic rings. The molecule has 0 saturated carbocycles. The zero-order valence-corrected chi connectivity index (χ0v) is 20.4. The number of aryl methyl sites for hydroxylation is 1. The Labute approximate surface area is 201 Å². The molecular weight excluding hydrogens is 477 g/mol. The minimum Gasteiger partial charge on any atom is -0.482 e. The molecule has 10 heteroatoms. The molecule has 0 aliphatic heterocycles. The topological polar surface area (TPSA) is 58.6 Å². The van der Waals surface area contributed by atoms with Crippen LogP contribution in [0.15, 0.2) is 41.3 Å². The standard InChI is InChI=1S/C12H14O3.C10H10F5NS.C2H6/c13-12(14)8-15-11-7-3-5-9-4-1-2-6-10(9)11;1-9(11,12)6-3-7(10(13,14)15)5-8(4-6)17-16-2;1-2/h3,5,7H,1-2,4,6,8H2,(H,13,14);3-5,16H,1-2H3;1-2H3. The number of alkyl halides is 5. The number of fused-ring (bicyclic) bond motifs is 1. The van der Waals surface area contributed by atoms with Gasteiger partial charge in [0.2, 0.25) is 0 Å². The van der Waals surface area contributed by atoms with E-state index in [1.807, 2.05) is 26.0 Å². The average molecular weight is 508 g/mol. The first kappa shape index (κ1) is 29.7. The highest BCUT2D eigenvalue weighted by molar-refractivity contribution is 7.97. The van der Waals surface area contributed by atoms with E-state index in [-0.39, 0.29) is 11.5 Å². The van der Waals surface area contributed by atoms with E-state index in [1.165, 1.54) is 31.0 Å². The van der Waals surface area contributed by atoms with Gasteiger partial charge in [-0.1, -0.05) is 26.0 Å². The van der Waals surface area contributed by atoms with Gasteiger partial charge in [0.1, 0.15) is 5.75 Å². The summed E-state index contributed by atoms with van der Waals surface area (Å²) >= 11 is 0.852. The number of hydrogen-bond acceptors (Lipinski definition) is 4. The molecule has 4 nitrogen and oxygen atoms in total. The van der Waals surface area contributed by atoms with Gasteiger partial charge in [0.25, 0.3) is 5.92 Å². The summed E-state index contributed by atoms with van der Waals surface area (Å²) in [4.78, 5) is 10.5. The van der Waals surface area contributed by atoms with Gasteiger partial charge < -0.3 is 9.84 Å². The Hall–Kier alpha value is -2.33. The fourth-order valence-corrected chi connectivity index (χ4v) is 3.82. The van der Waals surface area contributed by atoms with Crippen LogP contribution in [0.5, 0.6) is 5.75 Å². The van der Waals surface area contributed by atoms with Crippen LogP contribution in [-0.2, 0) is 29.7 Å². The molecule has 0 radical (unpaired) electrons. The summed E-state index contributed by atoms with van der Waals surface area (Å²) < 4.78 is 71.4. The van der Waals surface area contributed by atoms with E-state index in [0.717, 1.165) is 42.7 Å². The van der Waals surface area contributed by atoms with Crippen LogP contribution in [0.25, 0.3) is 0 Å². The van der Waals surface area contributed by atoms with E-state index in [2.05, 4.69) is 10.8 Å². The first-order valence-corrected chi connectivity index (χ1v) is 11.6. The number of benzene rings is 2. The highest BCUT2D eigenvalue weighted by Crippen LogP contribution is 2.37. The minimum absolute atomic E-state index is 0.0962. The molecule has 0 bridgehead atoms. The maximum Gasteiger partial charge on any atom is 0.416 e. The van der Waals surface area contributed by atoms with Gasteiger partial charge in [-0.05, 0) is 80.1 Å². The summed E-state index contributed by atoms with van der Waals surface area (Å²) in [5, 5.41) is 8.55. The van der Waals surface area contributed by atoms with Crippen LogP contribution >= 0.6 is 11.9 Å². The largest absolute Gasteiger partial charge is 0.482 e. The normalized spacial score (nSPS) is 13.0. The Morgan fingerprint density at radius 1 is 1.06 bits per heavy atom. The summed E-state index contributed by atoms with van der Waals surface area (Å²) in [5.41, 5.74) is 0.786. The first-order chi connectivity index (χ1) is 15.9. The lowest BCUT2D eigenvalue weighted by atomic mass is 9.91. The van der Waals surface area contributed by atoms with Gasteiger partial charge >= 0.3 is 12.1 Å². The molecule has 0 atom stereocenters. The van der Waals surface area contributed by atoms with Crippen molar-refractivity contribution in [3.63, 3.8) is 0 Å². The molecule has 0 amide bonds. The molecule has 0 aromatic heterocycles. The van der Waals surface area contributed by atoms with E-state index in [9.17, 15) is 26.7 Å². The molecule has 3 rings (SSSR count). The molecule has 1 aliphatic carbocycles. The number of carboxylic acid groups (broad SMARTS) is 1. The van der Waals surface area contributed by atoms with E-state index in [4.69, 9.17) is 9.84 Å². The maximum absolute atomic E-state index is 13.0. The zero-order chi connectivity index (χ0) is 25.9. The highest BCUT2D eigenvalue weighted by Gasteiger charge is 2.34. The monoisotopic (exact) mass is 507 g/mol. The second kappa shape index (κ2) is 13.5. The molecule has 2 N–H and O–H groups in total. The van der Waals surface area contributed by atoms with Gasteiger partial charge in [0, 0.05) is 17.4 Å². The van der Waals surface area contributed by atoms with Crippen molar-refractivity contribution >= 4 is 17.9 Å². The lowest BCUT2D eigenvalue weighted by molar-refractivity contribution is -0.139. The predicted molar refractivity (Wildman–Crippen MR) is 123 cm³/mol. The number of carbonyl (C=O) groups is 1. The Kier molecular flexibility index (Phi) is 11.8. The molecule has 0 fully saturated rings. The minimum atomic E-state index is -4.63. The van der Waals surface area contributed by atoms with Crippen molar-refractivity contribution in [2.24, 2.45) is 0 Å². The number of ether oxygens (including phenoxy) is 1. The van der Waals surface area contributed by atoms with Gasteiger partial charge in [-0.15, -0.1) is 0 Å². The summed E-state index contributed by atoms with van der Waals surface area (Å²) in [6.45, 7) is 4.31. The van der Waals surface area contributed by atoms with Gasteiger partial charge in [-0.25, -0.2) is 13.6 Å². The number of carboxylic acids is 1. The van der Waals surface area contributed by atoms with Crippen molar-refractivity contribution in [1.29, 1.82) is 0 Å². The maximum atomic E-state index is 13.0. The Bertz CT molecular complexity index is 898. The van der Waals surface area contributed by atoms with Crippen LogP contribution in [0.2, 0.25) is 0 Å². The Balaban J connectivity index is 0.000000318. The summed E-state index contributed by atoms with van der Waals surface area (Å²) in [5.74, 6) is -3.48. The number of hydrogen-bond donors (Lipinski definition) is 2. The van der Waals surface area contributed by atoms with Crippen molar-refractivity contribution in [3.8, 4) is 5.75 Å². The fraction of sp³-hybridized carbons (Fsp3) is 0.458. The zero-order valence-electron chi connectivity index (χ0n) is 19.6. The molecule has 0 spiro atoms. The second-order valence-electron chi connectivity index (χ2n) is 7.22. The van der Waals surface area contributed by atoms with E-state index in [0.29, 0.717) is 13.0 Å². The third-order valence-corrected chi connectivity index (χ3v) is 5.34. The number of nitrogens with one attached hydrogen (secondary N) is 1. The predicted octanol–water partition coefficient (Wildman–Crippen LogP) is 7.10. The van der Waals surface area contributed by atoms with Crippen molar-refractivity contribution < 1.29 is 36.6 Å². The SMILES string of the molecule is CC.CNSc1cc(C(C)(F)F)cc(C(F)(F)F)c1.O=C(O)COc1cccc2c1CCCC2. The average Bonchev–Trinajstić information content (AvgIpc) is 2.78. The third-order valence-electron chi connectivity index (χ3n) is 4.66. The molecule has 1 aliphatic rings. The molecular formula is C24H30F5NO3S. The van der Waals surface area contributed by atoms with Crippen LogP contribution in [-0.4, -0.2) is 24.7 Å². The van der Waals surface area contributed by atoms with Crippen LogP contribution < -0.4 is 9.46 Å². The smallest absolute Gasteiger partial charge is 0.416 e. The second-order valence-corrected chi connectivity index (χ2v) is 8.31. The molecule has 2 aromatic carbocycles. The molecule has 190 valence electrons. The third kappa shape index (κ3) is 9.50. The molecule has 0 heterocycles. The van der Waals surface area contributed by atoms with Gasteiger partial charge in [-0.3, -0.25) is 4.72 Å². The van der Waals surface area contributed by atoms with Crippen LogP contribution in [0.1, 0.15) is 55.9 Å². The summed E-state index contributed by atoms with van der Waals surface area (Å²) in [6.07, 6.45) is -0.162. The molecule has 0 unspecified atom stereocenters. The summed E-state index contributed by atoms with van der Waals surface area (Å²) in [6, 6.07) is 8.23. The molecule has 34 heavy (non-hydrogen) atoms. The van der Waals surface area contributed by atoms with Gasteiger partial charge in [0.05, 0.1) is 5.56 Å². The van der Waals surface area contributed by atoms with Crippen LogP contribution in [0.3, 0.4) is 0 Å². The number of aliphatic carboxylic acids is 1. The lowest BCUT2D eigenvalue weighted by Crippen LogP contribution is -2.12. The first-order valence-electron chi connectivity index (χ1n) is 10.8. The van der Waals surface area contributed by atoms with Crippen LogP contribution in [0.4, 0.5) is 22.0 Å². The molecule has 0 saturated heterocycles. The quantitative estimate of drug-likeness (QED) is 0.323. The van der Waals surface area contributed by atoms with Gasteiger partial charge in [-0.2, -0.15) is 13.2 Å².